The van der Waals surface area contributed by atoms with Crippen LogP contribution in [0.4, 0.5) is 0 Å². The molecule has 0 radical (unpaired) electrons. The lowest BCUT2D eigenvalue weighted by Crippen LogP contribution is -2.32. The van der Waals surface area contributed by atoms with Gasteiger partial charge in [-0.05, 0) is 36.2 Å². The van der Waals surface area contributed by atoms with Crippen molar-refractivity contribution in [1.29, 1.82) is 0 Å². The van der Waals surface area contributed by atoms with Gasteiger partial charge >= 0.3 is 0 Å². The second kappa shape index (κ2) is 8.57. The van der Waals surface area contributed by atoms with E-state index in [9.17, 15) is 4.79 Å². The number of nitrogens with zero attached hydrogens (tertiary/aromatic N) is 2. The maximum absolute atomic E-state index is 12.9. The molecule has 1 amide bonds. The van der Waals surface area contributed by atoms with E-state index in [2.05, 4.69) is 28.6 Å². The van der Waals surface area contributed by atoms with Crippen molar-refractivity contribution in [2.75, 3.05) is 0 Å². The van der Waals surface area contributed by atoms with Crippen LogP contribution in [0.25, 0.3) is 11.0 Å². The molecule has 3 aromatic carbocycles. The summed E-state index contributed by atoms with van der Waals surface area (Å²) in [6.45, 7) is 4.53. The highest BCUT2D eigenvalue weighted by atomic mass is 16.1. The molecule has 1 N–H and O–H groups in total. The number of hydrogen-bond donors (Lipinski definition) is 1. The Kier molecular flexibility index (Phi) is 5.52. The molecule has 0 aliphatic carbocycles. The van der Waals surface area contributed by atoms with Crippen LogP contribution in [0, 0.1) is 0 Å². The fourth-order valence-electron chi connectivity index (χ4n) is 3.57. The minimum absolute atomic E-state index is 0.108. The van der Waals surface area contributed by atoms with E-state index in [1.807, 2.05) is 78.9 Å². The summed E-state index contributed by atoms with van der Waals surface area (Å²) in [7, 11) is 0. The number of imidazole rings is 1. The Bertz CT molecular complexity index is 1120. The molecule has 4 aromatic rings. The lowest BCUT2D eigenvalue weighted by molar-refractivity contribution is 0.0934. The van der Waals surface area contributed by atoms with Crippen molar-refractivity contribution in [3.8, 4) is 0 Å². The molecule has 4 rings (SSSR count). The molecule has 0 aliphatic heterocycles. The molecule has 1 heterocycles. The Hall–Kier alpha value is -3.66. The van der Waals surface area contributed by atoms with Crippen LogP contribution in [0.3, 0.4) is 0 Å². The van der Waals surface area contributed by atoms with Gasteiger partial charge in [-0.1, -0.05) is 66.7 Å². The lowest BCUT2D eigenvalue weighted by Gasteiger charge is -2.20. The third kappa shape index (κ3) is 4.11. The summed E-state index contributed by atoms with van der Waals surface area (Å²) in [5.41, 5.74) is 3.73. The summed E-state index contributed by atoms with van der Waals surface area (Å²) in [6.07, 6.45) is 2.51. The normalized spacial score (nSPS) is 11.9. The molecule has 0 unspecified atom stereocenters. The molecular formula is C25H23N3O. The SMILES string of the molecule is C=CCn1c([C@@H](Cc2ccccc2)NC(=O)c2ccccc2)nc2ccccc21. The second-order valence-corrected chi connectivity index (χ2v) is 6.94. The van der Waals surface area contributed by atoms with Crippen molar-refractivity contribution in [2.24, 2.45) is 0 Å². The quantitative estimate of drug-likeness (QED) is 0.461. The van der Waals surface area contributed by atoms with Gasteiger partial charge in [-0.25, -0.2) is 4.98 Å². The summed E-state index contributed by atoms with van der Waals surface area (Å²) < 4.78 is 2.13. The first-order valence-corrected chi connectivity index (χ1v) is 9.72. The number of aromatic nitrogens is 2. The third-order valence-electron chi connectivity index (χ3n) is 4.93. The number of hydrogen-bond acceptors (Lipinski definition) is 2. The third-order valence-corrected chi connectivity index (χ3v) is 4.93. The van der Waals surface area contributed by atoms with Crippen molar-refractivity contribution in [2.45, 2.75) is 19.0 Å². The van der Waals surface area contributed by atoms with E-state index in [1.165, 1.54) is 0 Å². The number of nitrogens with one attached hydrogen (secondary N) is 1. The highest BCUT2D eigenvalue weighted by Crippen LogP contribution is 2.24. The summed E-state index contributed by atoms with van der Waals surface area (Å²) in [5, 5.41) is 3.20. The van der Waals surface area contributed by atoms with Crippen LogP contribution < -0.4 is 5.32 Å². The number of allylic oxidation sites excluding steroid dienone is 1. The van der Waals surface area contributed by atoms with Crippen LogP contribution in [0.5, 0.6) is 0 Å². The highest BCUT2D eigenvalue weighted by Gasteiger charge is 2.23. The van der Waals surface area contributed by atoms with E-state index >= 15 is 0 Å². The molecular weight excluding hydrogens is 358 g/mol. The Labute approximate surface area is 170 Å². The maximum atomic E-state index is 12.9. The largest absolute Gasteiger partial charge is 0.342 e. The van der Waals surface area contributed by atoms with Crippen LogP contribution in [-0.4, -0.2) is 15.5 Å². The molecule has 0 aliphatic rings. The first-order valence-electron chi connectivity index (χ1n) is 9.72. The summed E-state index contributed by atoms with van der Waals surface area (Å²) in [5.74, 6) is 0.725. The van der Waals surface area contributed by atoms with Gasteiger partial charge in [-0.2, -0.15) is 0 Å². The van der Waals surface area contributed by atoms with Gasteiger partial charge in [0.1, 0.15) is 5.82 Å². The van der Waals surface area contributed by atoms with E-state index < -0.39 is 0 Å². The standard InChI is InChI=1S/C25H23N3O/c1-2-17-28-23-16-10-9-15-21(23)26-24(28)22(18-19-11-5-3-6-12-19)27-25(29)20-13-7-4-8-14-20/h2-16,22H,1,17-18H2,(H,27,29)/t22-/m1/s1. The minimum Gasteiger partial charge on any atom is -0.342 e. The Morgan fingerprint density at radius 2 is 1.62 bits per heavy atom. The molecule has 29 heavy (non-hydrogen) atoms. The van der Waals surface area contributed by atoms with Gasteiger partial charge in [0.2, 0.25) is 0 Å². The maximum Gasteiger partial charge on any atom is 0.251 e. The zero-order valence-electron chi connectivity index (χ0n) is 16.2. The van der Waals surface area contributed by atoms with Crippen molar-refractivity contribution < 1.29 is 4.79 Å². The minimum atomic E-state index is -0.266. The highest BCUT2D eigenvalue weighted by molar-refractivity contribution is 5.94. The predicted octanol–water partition coefficient (Wildman–Crippen LogP) is 4.94. The Balaban J connectivity index is 1.75. The summed E-state index contributed by atoms with van der Waals surface area (Å²) in [6, 6.07) is 27.2. The van der Waals surface area contributed by atoms with E-state index in [-0.39, 0.29) is 11.9 Å². The van der Waals surface area contributed by atoms with Gasteiger partial charge in [-0.3, -0.25) is 4.79 Å². The van der Waals surface area contributed by atoms with E-state index in [0.717, 1.165) is 22.4 Å². The predicted molar refractivity (Wildman–Crippen MR) is 117 cm³/mol. The van der Waals surface area contributed by atoms with Crippen molar-refractivity contribution in [3.05, 3.63) is 115 Å². The molecule has 0 spiro atoms. The first kappa shape index (κ1) is 18.7. The molecule has 1 aromatic heterocycles. The van der Waals surface area contributed by atoms with Crippen LogP contribution in [-0.2, 0) is 13.0 Å². The fourth-order valence-corrected chi connectivity index (χ4v) is 3.57. The summed E-state index contributed by atoms with van der Waals surface area (Å²) >= 11 is 0. The van der Waals surface area contributed by atoms with Gasteiger partial charge in [0.15, 0.2) is 0 Å². The first-order chi connectivity index (χ1) is 14.3. The molecule has 144 valence electrons. The lowest BCUT2D eigenvalue weighted by atomic mass is 10.0. The number of rotatable bonds is 7. The Morgan fingerprint density at radius 3 is 2.34 bits per heavy atom. The van der Waals surface area contributed by atoms with E-state index in [4.69, 9.17) is 4.98 Å². The number of fused-ring (bicyclic) bond motifs is 1. The van der Waals surface area contributed by atoms with Crippen molar-refractivity contribution in [1.82, 2.24) is 14.9 Å². The molecule has 0 fully saturated rings. The molecule has 0 saturated carbocycles. The van der Waals surface area contributed by atoms with Gasteiger partial charge in [0.25, 0.3) is 5.91 Å². The number of benzene rings is 3. The fraction of sp³-hybridized carbons (Fsp3) is 0.120. The van der Waals surface area contributed by atoms with Crippen LogP contribution in [0.1, 0.15) is 27.8 Å². The molecule has 0 saturated heterocycles. The second-order valence-electron chi connectivity index (χ2n) is 6.94. The molecule has 0 bridgehead atoms. The number of amides is 1. The van der Waals surface area contributed by atoms with E-state index in [0.29, 0.717) is 18.5 Å². The number of para-hydroxylation sites is 2. The molecule has 1 atom stereocenters. The Morgan fingerprint density at radius 1 is 0.966 bits per heavy atom. The zero-order chi connectivity index (χ0) is 20.1. The van der Waals surface area contributed by atoms with E-state index in [1.54, 1.807) is 0 Å². The smallest absolute Gasteiger partial charge is 0.251 e. The van der Waals surface area contributed by atoms with Crippen molar-refractivity contribution in [3.63, 3.8) is 0 Å². The average molecular weight is 381 g/mol. The van der Waals surface area contributed by atoms with Crippen LogP contribution in [0.15, 0.2) is 97.6 Å². The zero-order valence-corrected chi connectivity index (χ0v) is 16.2. The van der Waals surface area contributed by atoms with Crippen LogP contribution in [0.2, 0.25) is 0 Å². The summed E-state index contributed by atoms with van der Waals surface area (Å²) in [4.78, 5) is 17.8. The monoisotopic (exact) mass is 381 g/mol. The average Bonchev–Trinajstić information content (AvgIpc) is 3.13. The number of carbonyl (C=O) groups excluding carboxylic acids is 1. The van der Waals surface area contributed by atoms with Gasteiger partial charge in [0, 0.05) is 12.1 Å². The van der Waals surface area contributed by atoms with Gasteiger partial charge < -0.3 is 9.88 Å². The van der Waals surface area contributed by atoms with Gasteiger partial charge in [0.05, 0.1) is 17.1 Å². The molecule has 4 heteroatoms. The van der Waals surface area contributed by atoms with Gasteiger partial charge in [-0.15, -0.1) is 6.58 Å². The number of carbonyl (C=O) groups is 1. The topological polar surface area (TPSA) is 46.9 Å². The molecule has 4 nitrogen and oxygen atoms in total. The van der Waals surface area contributed by atoms with Crippen molar-refractivity contribution >= 4 is 16.9 Å². The van der Waals surface area contributed by atoms with Crippen LogP contribution >= 0.6 is 0 Å².